The molecule has 0 radical (unpaired) electrons. The zero-order chi connectivity index (χ0) is 23.7. The average Bonchev–Trinajstić information content (AvgIpc) is 3.50. The summed E-state index contributed by atoms with van der Waals surface area (Å²) in [6.45, 7) is 5.51. The maximum absolute atomic E-state index is 6.02. The Balaban J connectivity index is 1.30. The van der Waals surface area contributed by atoms with E-state index in [1.807, 2.05) is 48.7 Å². The molecule has 0 bridgehead atoms. The number of pyridine rings is 1. The lowest BCUT2D eigenvalue weighted by Crippen LogP contribution is -2.52. The normalized spacial score (nSPS) is 20.4. The predicted octanol–water partition coefficient (Wildman–Crippen LogP) is 4.61. The number of ether oxygens (including phenoxy) is 2. The van der Waals surface area contributed by atoms with Crippen LogP contribution in [0.25, 0.3) is 10.9 Å². The van der Waals surface area contributed by atoms with Crippen LogP contribution in [0.5, 0.6) is 11.5 Å². The summed E-state index contributed by atoms with van der Waals surface area (Å²) >= 11 is 0. The highest BCUT2D eigenvalue weighted by Gasteiger charge is 2.49. The molecule has 1 atom stereocenters. The first-order valence-corrected chi connectivity index (χ1v) is 12.5. The van der Waals surface area contributed by atoms with Crippen LogP contribution in [-0.4, -0.2) is 59.7 Å². The number of hydrogen-bond acceptors (Lipinski definition) is 5. The average molecular weight is 469 g/mol. The van der Waals surface area contributed by atoms with Gasteiger partial charge in [0.1, 0.15) is 18.1 Å². The minimum atomic E-state index is -0.0654. The number of fused-ring (bicyclic) bond motifs is 4. The Labute approximate surface area is 206 Å². The first-order chi connectivity index (χ1) is 17.2. The number of aromatic amines is 1. The van der Waals surface area contributed by atoms with E-state index in [0.29, 0.717) is 6.61 Å². The highest BCUT2D eigenvalue weighted by molar-refractivity contribution is 5.87. The summed E-state index contributed by atoms with van der Waals surface area (Å²) in [6, 6.07) is 22.7. The van der Waals surface area contributed by atoms with Gasteiger partial charge in [-0.05, 0) is 60.9 Å². The lowest BCUT2D eigenvalue weighted by Gasteiger charge is -2.44. The summed E-state index contributed by atoms with van der Waals surface area (Å²) in [5.74, 6) is 1.85. The maximum atomic E-state index is 6.02. The van der Waals surface area contributed by atoms with Gasteiger partial charge >= 0.3 is 0 Å². The van der Waals surface area contributed by atoms with E-state index in [2.05, 4.69) is 44.0 Å². The molecule has 1 spiro atoms. The number of methoxy groups -OCH3 is 1. The van der Waals surface area contributed by atoms with Crippen molar-refractivity contribution in [1.82, 2.24) is 19.8 Å². The second-order valence-electron chi connectivity index (χ2n) is 9.60. The van der Waals surface area contributed by atoms with Gasteiger partial charge in [-0.15, -0.1) is 0 Å². The number of benzene rings is 2. The molecule has 4 aromatic rings. The molecular formula is C29H32N4O2. The lowest BCUT2D eigenvalue weighted by molar-refractivity contribution is 0.0647. The van der Waals surface area contributed by atoms with Crippen molar-refractivity contribution < 1.29 is 9.47 Å². The molecule has 2 aromatic carbocycles. The third-order valence-electron chi connectivity index (χ3n) is 7.64. The van der Waals surface area contributed by atoms with Gasteiger partial charge in [0.05, 0.1) is 18.3 Å². The fourth-order valence-corrected chi connectivity index (χ4v) is 5.88. The monoisotopic (exact) mass is 468 g/mol. The topological polar surface area (TPSA) is 53.6 Å². The zero-order valence-electron chi connectivity index (χ0n) is 20.2. The Bertz CT molecular complexity index is 1290. The van der Waals surface area contributed by atoms with E-state index in [0.717, 1.165) is 62.8 Å². The van der Waals surface area contributed by atoms with Crippen molar-refractivity contribution in [3.63, 3.8) is 0 Å². The third kappa shape index (κ3) is 4.17. The Morgan fingerprint density at radius 2 is 1.89 bits per heavy atom. The van der Waals surface area contributed by atoms with Crippen LogP contribution >= 0.6 is 0 Å². The fourth-order valence-electron chi connectivity index (χ4n) is 5.88. The lowest BCUT2D eigenvalue weighted by atomic mass is 9.83. The summed E-state index contributed by atoms with van der Waals surface area (Å²) < 4.78 is 11.6. The van der Waals surface area contributed by atoms with E-state index in [9.17, 15) is 0 Å². The Morgan fingerprint density at radius 3 is 2.71 bits per heavy atom. The SMILES string of the molecule is COc1ccc2[nH]c3c(c2c1)CCN(Cc1ccccn1)C31CCN(CCOc2ccccc2)C1. The van der Waals surface area contributed by atoms with Crippen LogP contribution in [0, 0.1) is 0 Å². The van der Waals surface area contributed by atoms with Crippen LogP contribution < -0.4 is 9.47 Å². The minimum absolute atomic E-state index is 0.0654. The summed E-state index contributed by atoms with van der Waals surface area (Å²) in [7, 11) is 1.74. The number of H-pyrrole nitrogens is 1. The van der Waals surface area contributed by atoms with E-state index >= 15 is 0 Å². The number of para-hydroxylation sites is 1. The molecule has 1 fully saturated rings. The molecule has 1 N–H and O–H groups in total. The molecule has 0 saturated carbocycles. The molecule has 0 aliphatic carbocycles. The molecule has 2 aromatic heterocycles. The molecule has 4 heterocycles. The molecule has 6 rings (SSSR count). The van der Waals surface area contributed by atoms with Gasteiger partial charge in [0, 0.05) is 55.5 Å². The number of likely N-dealkylation sites (tertiary alicyclic amines) is 1. The van der Waals surface area contributed by atoms with Crippen molar-refractivity contribution in [2.24, 2.45) is 0 Å². The first kappa shape index (κ1) is 22.1. The van der Waals surface area contributed by atoms with Gasteiger partial charge in [-0.2, -0.15) is 0 Å². The Hall–Kier alpha value is -3.35. The molecule has 1 saturated heterocycles. The molecule has 6 heteroatoms. The van der Waals surface area contributed by atoms with Crippen LogP contribution in [-0.2, 0) is 18.5 Å². The van der Waals surface area contributed by atoms with Crippen LogP contribution in [0.3, 0.4) is 0 Å². The van der Waals surface area contributed by atoms with E-state index < -0.39 is 0 Å². The Kier molecular flexibility index (Phi) is 5.92. The van der Waals surface area contributed by atoms with Gasteiger partial charge in [-0.3, -0.25) is 14.8 Å². The predicted molar refractivity (Wildman–Crippen MR) is 138 cm³/mol. The van der Waals surface area contributed by atoms with Gasteiger partial charge in [0.2, 0.25) is 0 Å². The number of aromatic nitrogens is 2. The smallest absolute Gasteiger partial charge is 0.119 e. The van der Waals surface area contributed by atoms with Crippen LogP contribution in [0.1, 0.15) is 23.4 Å². The molecule has 180 valence electrons. The van der Waals surface area contributed by atoms with E-state index in [1.165, 1.54) is 22.2 Å². The van der Waals surface area contributed by atoms with Gasteiger partial charge in [-0.1, -0.05) is 24.3 Å². The second kappa shape index (κ2) is 9.36. The second-order valence-corrected chi connectivity index (χ2v) is 9.60. The number of nitrogens with zero attached hydrogens (tertiary/aromatic N) is 3. The van der Waals surface area contributed by atoms with E-state index in [1.54, 1.807) is 7.11 Å². The summed E-state index contributed by atoms with van der Waals surface area (Å²) in [5, 5.41) is 1.29. The number of rotatable bonds is 7. The third-order valence-corrected chi connectivity index (χ3v) is 7.64. The molecule has 0 amide bonds. The molecule has 2 aliphatic rings. The van der Waals surface area contributed by atoms with Crippen molar-refractivity contribution in [1.29, 1.82) is 0 Å². The maximum Gasteiger partial charge on any atom is 0.119 e. The van der Waals surface area contributed by atoms with Crippen LogP contribution in [0.15, 0.2) is 72.9 Å². The van der Waals surface area contributed by atoms with E-state index in [4.69, 9.17) is 9.47 Å². The summed E-state index contributed by atoms with van der Waals surface area (Å²) in [5.41, 5.74) is 5.07. The van der Waals surface area contributed by atoms with Crippen LogP contribution in [0.2, 0.25) is 0 Å². The first-order valence-electron chi connectivity index (χ1n) is 12.5. The fraction of sp³-hybridized carbons (Fsp3) is 0.345. The van der Waals surface area contributed by atoms with Crippen molar-refractivity contribution in [2.75, 3.05) is 39.9 Å². The zero-order valence-corrected chi connectivity index (χ0v) is 20.2. The van der Waals surface area contributed by atoms with Gasteiger partial charge in [0.15, 0.2) is 0 Å². The van der Waals surface area contributed by atoms with Gasteiger partial charge < -0.3 is 14.5 Å². The highest BCUT2D eigenvalue weighted by Crippen LogP contribution is 2.45. The number of nitrogens with one attached hydrogen (secondary N) is 1. The quantitative estimate of drug-likeness (QED) is 0.429. The molecule has 35 heavy (non-hydrogen) atoms. The summed E-state index contributed by atoms with van der Waals surface area (Å²) in [6.07, 6.45) is 4.00. The highest BCUT2D eigenvalue weighted by atomic mass is 16.5. The molecule has 1 unspecified atom stereocenters. The van der Waals surface area contributed by atoms with Crippen molar-refractivity contribution in [3.8, 4) is 11.5 Å². The van der Waals surface area contributed by atoms with Crippen LogP contribution in [0.4, 0.5) is 0 Å². The largest absolute Gasteiger partial charge is 0.497 e. The van der Waals surface area contributed by atoms with Crippen molar-refractivity contribution in [2.45, 2.75) is 24.9 Å². The number of hydrogen-bond donors (Lipinski definition) is 1. The standard InChI is InChI=1S/C29H32N4O2/c1-34-24-10-11-27-26(19-24)25-12-15-33(20-22-7-5-6-14-30-22)29(28(25)31-27)13-16-32(21-29)17-18-35-23-8-3-2-4-9-23/h2-11,14,19,31H,12-13,15-18,20-21H2,1H3. The summed E-state index contributed by atoms with van der Waals surface area (Å²) in [4.78, 5) is 13.7. The molecular weight excluding hydrogens is 436 g/mol. The molecule has 6 nitrogen and oxygen atoms in total. The Morgan fingerprint density at radius 1 is 1.00 bits per heavy atom. The van der Waals surface area contributed by atoms with Crippen molar-refractivity contribution >= 4 is 10.9 Å². The van der Waals surface area contributed by atoms with Crippen molar-refractivity contribution in [3.05, 3.63) is 89.9 Å². The van der Waals surface area contributed by atoms with Gasteiger partial charge in [0.25, 0.3) is 0 Å². The van der Waals surface area contributed by atoms with Gasteiger partial charge in [-0.25, -0.2) is 0 Å². The van der Waals surface area contributed by atoms with E-state index in [-0.39, 0.29) is 5.54 Å². The molecule has 2 aliphatic heterocycles. The minimum Gasteiger partial charge on any atom is -0.497 e.